The molecular weight excluding hydrogens is 406 g/mol. The normalized spacial score (nSPS) is 19.1. The molecule has 0 fully saturated rings. The van der Waals surface area contributed by atoms with Crippen molar-refractivity contribution in [3.05, 3.63) is 58.2 Å². The Morgan fingerprint density at radius 3 is 2.74 bits per heavy atom. The first-order valence-corrected chi connectivity index (χ1v) is 10.1. The van der Waals surface area contributed by atoms with Crippen LogP contribution in [0.15, 0.2) is 46.9 Å². The minimum atomic E-state index is -1.02. The highest BCUT2D eigenvalue weighted by atomic mass is 79.9. The molecule has 0 bridgehead atoms. The first kappa shape index (κ1) is 18.3. The number of aromatic nitrogens is 1. The molecule has 1 N–H and O–H groups in total. The molecule has 1 unspecified atom stereocenters. The van der Waals surface area contributed by atoms with Crippen LogP contribution in [0.4, 0.5) is 0 Å². The Bertz CT molecular complexity index is 993. The van der Waals surface area contributed by atoms with Gasteiger partial charge in [-0.2, -0.15) is 0 Å². The Morgan fingerprint density at radius 1 is 1.26 bits per heavy atom. The summed E-state index contributed by atoms with van der Waals surface area (Å²) in [7, 11) is 0. The number of hydrogen-bond donors (Lipinski definition) is 1. The molecule has 2 heterocycles. The van der Waals surface area contributed by atoms with Crippen LogP contribution in [0.25, 0.3) is 22.0 Å². The van der Waals surface area contributed by atoms with Crippen molar-refractivity contribution in [1.82, 2.24) is 4.98 Å². The second-order valence-corrected chi connectivity index (χ2v) is 7.82. The molecule has 140 valence electrons. The maximum Gasteiger partial charge on any atom is 0.305 e. The van der Waals surface area contributed by atoms with Crippen LogP contribution in [0, 0.1) is 0 Å². The van der Waals surface area contributed by atoms with Crippen molar-refractivity contribution >= 4 is 32.8 Å². The van der Waals surface area contributed by atoms with E-state index in [1.54, 1.807) is 0 Å². The molecule has 3 aromatic rings. The van der Waals surface area contributed by atoms with Crippen LogP contribution < -0.4 is 0 Å². The number of carbonyl (C=O) groups is 1. The zero-order valence-electron chi connectivity index (χ0n) is 15.5. The van der Waals surface area contributed by atoms with Gasteiger partial charge in [-0.15, -0.1) is 0 Å². The van der Waals surface area contributed by atoms with Crippen molar-refractivity contribution in [1.29, 1.82) is 0 Å². The van der Waals surface area contributed by atoms with Crippen molar-refractivity contribution in [2.75, 3.05) is 6.61 Å². The summed E-state index contributed by atoms with van der Waals surface area (Å²) >= 11 is 3.50. The van der Waals surface area contributed by atoms with Gasteiger partial charge in [0, 0.05) is 28.7 Å². The number of H-pyrrole nitrogens is 1. The zero-order valence-corrected chi connectivity index (χ0v) is 17.1. The molecular formula is C22H22BrNO3. The third-order valence-corrected chi connectivity index (χ3v) is 5.57. The fourth-order valence-electron chi connectivity index (χ4n) is 4.04. The molecule has 5 heteroatoms. The number of ether oxygens (including phenoxy) is 2. The van der Waals surface area contributed by atoms with Gasteiger partial charge in [-0.1, -0.05) is 47.1 Å². The lowest BCUT2D eigenvalue weighted by molar-refractivity contribution is -0.247. The zero-order chi connectivity index (χ0) is 19.0. The standard InChI is InChI=1S/C22H22BrNO3/c1-3-12-22(27-14(2)25)21-18(11-13-26-22)20-17(5-4-6-19(20)24-21)15-7-9-16(23)10-8-15/h4-10,24H,3,11-13H2,1-2H3. The van der Waals surface area contributed by atoms with Gasteiger partial charge in [-0.25, -0.2) is 0 Å². The van der Waals surface area contributed by atoms with E-state index in [1.807, 2.05) is 0 Å². The summed E-state index contributed by atoms with van der Waals surface area (Å²) in [6, 6.07) is 14.6. The molecule has 0 radical (unpaired) electrons. The summed E-state index contributed by atoms with van der Waals surface area (Å²) in [5, 5.41) is 1.19. The van der Waals surface area contributed by atoms with Crippen molar-refractivity contribution in [3.8, 4) is 11.1 Å². The van der Waals surface area contributed by atoms with Crippen molar-refractivity contribution < 1.29 is 14.3 Å². The Morgan fingerprint density at radius 2 is 2.04 bits per heavy atom. The second kappa shape index (κ2) is 7.13. The summed E-state index contributed by atoms with van der Waals surface area (Å²) < 4.78 is 12.8. The van der Waals surface area contributed by atoms with E-state index in [0.717, 1.165) is 34.1 Å². The first-order valence-electron chi connectivity index (χ1n) is 9.27. The fourth-order valence-corrected chi connectivity index (χ4v) is 4.31. The molecule has 27 heavy (non-hydrogen) atoms. The lowest BCUT2D eigenvalue weighted by Crippen LogP contribution is -2.39. The summed E-state index contributed by atoms with van der Waals surface area (Å²) in [6.45, 7) is 4.03. The first-order chi connectivity index (χ1) is 13.0. The van der Waals surface area contributed by atoms with Gasteiger partial charge in [0.15, 0.2) is 0 Å². The van der Waals surface area contributed by atoms with Gasteiger partial charge in [0.05, 0.1) is 12.3 Å². The maximum atomic E-state index is 11.8. The minimum absolute atomic E-state index is 0.330. The van der Waals surface area contributed by atoms with Crippen molar-refractivity contribution in [2.24, 2.45) is 0 Å². The van der Waals surface area contributed by atoms with E-state index in [-0.39, 0.29) is 5.97 Å². The number of nitrogens with one attached hydrogen (secondary N) is 1. The number of carbonyl (C=O) groups excluding carboxylic acids is 1. The highest BCUT2D eigenvalue weighted by molar-refractivity contribution is 9.10. The molecule has 4 rings (SSSR count). The Kier molecular flexibility index (Phi) is 4.82. The number of fused-ring (bicyclic) bond motifs is 3. The summed E-state index contributed by atoms with van der Waals surface area (Å²) in [4.78, 5) is 15.3. The predicted molar refractivity (Wildman–Crippen MR) is 109 cm³/mol. The number of rotatable bonds is 4. The molecule has 0 amide bonds. The van der Waals surface area contributed by atoms with Gasteiger partial charge >= 0.3 is 5.97 Å². The Balaban J connectivity index is 1.94. The molecule has 0 aliphatic carbocycles. The van der Waals surface area contributed by atoms with E-state index in [4.69, 9.17) is 9.47 Å². The van der Waals surface area contributed by atoms with E-state index in [1.165, 1.54) is 23.4 Å². The second-order valence-electron chi connectivity index (χ2n) is 6.91. The molecule has 1 aromatic heterocycles. The van der Waals surface area contributed by atoms with Crippen molar-refractivity contribution in [3.63, 3.8) is 0 Å². The lowest BCUT2D eigenvalue weighted by atomic mass is 9.93. The fraction of sp³-hybridized carbons (Fsp3) is 0.318. The van der Waals surface area contributed by atoms with Gasteiger partial charge in [-0.05, 0) is 47.7 Å². The highest BCUT2D eigenvalue weighted by Gasteiger charge is 2.43. The molecule has 4 nitrogen and oxygen atoms in total. The largest absolute Gasteiger partial charge is 0.427 e. The number of hydrogen-bond acceptors (Lipinski definition) is 3. The minimum Gasteiger partial charge on any atom is -0.427 e. The molecule has 1 atom stereocenters. The third-order valence-electron chi connectivity index (χ3n) is 5.04. The van der Waals surface area contributed by atoms with E-state index < -0.39 is 5.79 Å². The highest BCUT2D eigenvalue weighted by Crippen LogP contribution is 2.43. The third kappa shape index (κ3) is 3.19. The number of halogens is 1. The molecule has 2 aromatic carbocycles. The van der Waals surface area contributed by atoms with Crippen LogP contribution in [0.5, 0.6) is 0 Å². The molecule has 1 aliphatic rings. The summed E-state index contributed by atoms with van der Waals surface area (Å²) in [5.74, 6) is -1.35. The van der Waals surface area contributed by atoms with Crippen molar-refractivity contribution in [2.45, 2.75) is 38.9 Å². The van der Waals surface area contributed by atoms with Crippen LogP contribution in [0.3, 0.4) is 0 Å². The van der Waals surface area contributed by atoms with Gasteiger partial charge in [-0.3, -0.25) is 4.79 Å². The average molecular weight is 428 g/mol. The van der Waals surface area contributed by atoms with Crippen LogP contribution in [0.1, 0.15) is 37.9 Å². The van der Waals surface area contributed by atoms with E-state index >= 15 is 0 Å². The molecule has 0 saturated carbocycles. The van der Waals surface area contributed by atoms with Crippen LogP contribution in [-0.2, 0) is 26.5 Å². The summed E-state index contributed by atoms with van der Waals surface area (Å²) in [6.07, 6.45) is 2.26. The predicted octanol–water partition coefficient (Wildman–Crippen LogP) is 5.69. The number of aromatic amines is 1. The lowest BCUT2D eigenvalue weighted by Gasteiger charge is -2.36. The van der Waals surface area contributed by atoms with E-state index in [9.17, 15) is 4.79 Å². The van der Waals surface area contributed by atoms with E-state index in [2.05, 4.69) is 70.3 Å². The number of esters is 1. The smallest absolute Gasteiger partial charge is 0.305 e. The maximum absolute atomic E-state index is 11.8. The Labute approximate surface area is 167 Å². The van der Waals surface area contributed by atoms with Gasteiger partial charge in [0.2, 0.25) is 0 Å². The van der Waals surface area contributed by atoms with Gasteiger partial charge in [0.1, 0.15) is 0 Å². The van der Waals surface area contributed by atoms with Crippen LogP contribution in [-0.4, -0.2) is 17.6 Å². The quantitative estimate of drug-likeness (QED) is 0.544. The van der Waals surface area contributed by atoms with Crippen LogP contribution >= 0.6 is 15.9 Å². The molecule has 0 spiro atoms. The molecule has 1 aliphatic heterocycles. The number of benzene rings is 2. The van der Waals surface area contributed by atoms with Gasteiger partial charge < -0.3 is 14.5 Å². The van der Waals surface area contributed by atoms with E-state index in [0.29, 0.717) is 13.0 Å². The monoisotopic (exact) mass is 427 g/mol. The van der Waals surface area contributed by atoms with Gasteiger partial charge in [0.25, 0.3) is 5.79 Å². The SMILES string of the molecule is CCCC1(OC(C)=O)OCCc2c1[nH]c1cccc(-c3ccc(Br)cc3)c21. The summed E-state index contributed by atoms with van der Waals surface area (Å²) in [5.41, 5.74) is 5.44. The average Bonchev–Trinajstić information content (AvgIpc) is 3.03. The molecule has 0 saturated heterocycles. The topological polar surface area (TPSA) is 51.3 Å². The van der Waals surface area contributed by atoms with Crippen LogP contribution in [0.2, 0.25) is 0 Å². The Hall–Kier alpha value is -2.11.